The zero-order valence-corrected chi connectivity index (χ0v) is 49.7. The fourth-order valence-electron chi connectivity index (χ4n) is 9.44. The molecule has 0 saturated heterocycles. The molecule has 0 saturated carbocycles. The highest BCUT2D eigenvalue weighted by Crippen LogP contribution is 2.20. The topological polar surface area (TPSA) is 499 Å². The third-order valence-electron chi connectivity index (χ3n) is 14.1. The number of aromatic amines is 1. The smallest absolute Gasteiger partial charge is 0.245 e. The van der Waals surface area contributed by atoms with Crippen LogP contribution in [0.15, 0.2) is 115 Å². The summed E-state index contributed by atoms with van der Waals surface area (Å²) in [6.45, 7) is 1.63. The molecule has 22 N–H and O–H groups in total. The summed E-state index contributed by atoms with van der Waals surface area (Å²) in [5, 5.41) is 42.9. The van der Waals surface area contributed by atoms with E-state index in [1.165, 1.54) is 24.3 Å². The fraction of sp³-hybridized carbons (Fsp3) is 0.377. The summed E-state index contributed by atoms with van der Waals surface area (Å²) in [4.78, 5) is 165. The van der Waals surface area contributed by atoms with E-state index in [1.807, 2.05) is 0 Å². The number of fused-ring (bicyclic) bond motifs is 1. The van der Waals surface area contributed by atoms with Crippen LogP contribution in [-0.2, 0) is 83.2 Å². The SMILES string of the molecule is CC(C)C[C@H](NC(=O)CNC(=O)[C@H](Cc1ccccc1)NC(=O)[C@H](CO)NC(=O)[C@H](CC(N)=O)NC(=O)[C@H](Cc1c[nH]c2ccccc12)NC(=O)[C@H](CC(N)=O)NC(=O)[C@@H](N)Cc1ccc(O)cc1)C(=O)N[C@@H](CCN)C(=O)N[C@@H](Cc1ccccc1)C(N)=O. The standard InChI is InChI=1S/C61H79N15O14/c1-33(2)23-44(57(86)70-42(21-22-62)56(85)71-43(53(66)82)25-34-11-5-3-6-12-34)69-52(81)31-68-55(84)45(26-35-13-7-4-8-14-35)73-61(90)49(32-77)76-60(89)48(29-51(65)80)75-58(87)46(27-37-30-67-41-16-10-9-15-39(37)41)74-59(88)47(28-50(64)79)72-54(83)40(63)24-36-17-19-38(78)20-18-36/h3-20,30,33,40,42-49,67,77-78H,21-29,31-32,62-63H2,1-2H3,(H2,64,79)(H2,65,80)(H2,66,82)(H,68,84)(H,69,81)(H,70,86)(H,71,85)(H,72,83)(H,73,90)(H,74,88)(H,75,87)(H,76,89)/t40-,42-,43-,44-,45-,46-,47-,48-,49-/m0/s1. The van der Waals surface area contributed by atoms with Crippen molar-refractivity contribution in [1.29, 1.82) is 0 Å². The maximum Gasteiger partial charge on any atom is 0.245 e. The molecule has 0 radical (unpaired) electrons. The number of rotatable bonds is 36. The van der Waals surface area contributed by atoms with Crippen LogP contribution in [0.2, 0.25) is 0 Å². The first-order valence-corrected chi connectivity index (χ1v) is 28.9. The zero-order chi connectivity index (χ0) is 66.0. The Labute approximate surface area is 517 Å². The normalized spacial score (nSPS) is 14.1. The monoisotopic (exact) mass is 1250 g/mol. The van der Waals surface area contributed by atoms with Crippen molar-refractivity contribution in [2.45, 2.75) is 120 Å². The summed E-state index contributed by atoms with van der Waals surface area (Å²) >= 11 is 0. The van der Waals surface area contributed by atoms with Gasteiger partial charge in [0.1, 0.15) is 54.1 Å². The molecule has 0 aliphatic carbocycles. The van der Waals surface area contributed by atoms with Crippen LogP contribution in [0.4, 0.5) is 0 Å². The van der Waals surface area contributed by atoms with Crippen molar-refractivity contribution < 1.29 is 67.7 Å². The number of H-pyrrole nitrogens is 1. The molecule has 1 heterocycles. The van der Waals surface area contributed by atoms with E-state index in [-0.39, 0.29) is 56.7 Å². The molecule has 5 rings (SSSR count). The number of carbonyl (C=O) groups is 12. The van der Waals surface area contributed by atoms with Gasteiger partial charge in [-0.2, -0.15) is 0 Å². The lowest BCUT2D eigenvalue weighted by molar-refractivity contribution is -0.136. The molecule has 0 fully saturated rings. The number of nitrogens with two attached hydrogens (primary N) is 5. The van der Waals surface area contributed by atoms with Crippen molar-refractivity contribution in [2.75, 3.05) is 19.7 Å². The van der Waals surface area contributed by atoms with Crippen molar-refractivity contribution in [2.24, 2.45) is 34.6 Å². The Morgan fingerprint density at radius 1 is 0.478 bits per heavy atom. The predicted molar refractivity (Wildman–Crippen MR) is 328 cm³/mol. The first kappa shape index (κ1) is 70.5. The number of phenols is 1. The number of para-hydroxylation sites is 1. The lowest BCUT2D eigenvalue weighted by Gasteiger charge is -2.27. The zero-order valence-electron chi connectivity index (χ0n) is 49.7. The number of primary amides is 3. The first-order valence-electron chi connectivity index (χ1n) is 28.9. The highest BCUT2D eigenvalue weighted by atomic mass is 16.3. The molecule has 0 unspecified atom stereocenters. The number of hydrogen-bond donors (Lipinski definition) is 17. The van der Waals surface area contributed by atoms with Gasteiger partial charge in [-0.05, 0) is 72.2 Å². The fourth-order valence-corrected chi connectivity index (χ4v) is 9.44. The van der Waals surface area contributed by atoms with Gasteiger partial charge in [0.2, 0.25) is 70.9 Å². The second-order valence-electron chi connectivity index (χ2n) is 21.8. The van der Waals surface area contributed by atoms with Crippen LogP contribution in [0.3, 0.4) is 0 Å². The van der Waals surface area contributed by atoms with Crippen molar-refractivity contribution in [3.05, 3.63) is 138 Å². The Bertz CT molecular complexity index is 3310. The maximum absolute atomic E-state index is 14.4. The summed E-state index contributed by atoms with van der Waals surface area (Å²) in [5.74, 6) is -12.0. The molecule has 9 atom stereocenters. The van der Waals surface area contributed by atoms with Crippen LogP contribution in [-0.4, -0.2) is 160 Å². The van der Waals surface area contributed by atoms with Gasteiger partial charge in [-0.25, -0.2) is 0 Å². The highest BCUT2D eigenvalue weighted by molar-refractivity contribution is 6.00. The number of benzene rings is 4. The summed E-state index contributed by atoms with van der Waals surface area (Å²) in [5.41, 5.74) is 31.4. The first-order chi connectivity index (χ1) is 42.8. The van der Waals surface area contributed by atoms with E-state index in [0.717, 1.165) is 0 Å². The Morgan fingerprint density at radius 3 is 1.47 bits per heavy atom. The second-order valence-corrected chi connectivity index (χ2v) is 21.8. The number of amides is 12. The molecule has 0 bridgehead atoms. The number of aliphatic hydroxyl groups is 1. The highest BCUT2D eigenvalue weighted by Gasteiger charge is 2.36. The minimum absolute atomic E-state index is 0.0327. The average Bonchev–Trinajstić information content (AvgIpc) is 1.72. The number of aromatic nitrogens is 1. The molecule has 0 spiro atoms. The van der Waals surface area contributed by atoms with Gasteiger partial charge in [0, 0.05) is 36.4 Å². The van der Waals surface area contributed by atoms with E-state index >= 15 is 0 Å². The molecule has 12 amide bonds. The van der Waals surface area contributed by atoms with E-state index < -0.39 is 151 Å². The predicted octanol–water partition coefficient (Wildman–Crippen LogP) is -3.91. The average molecular weight is 1250 g/mol. The van der Waals surface area contributed by atoms with Crippen molar-refractivity contribution in [3.63, 3.8) is 0 Å². The molecular formula is C61H79N15O14. The summed E-state index contributed by atoms with van der Waals surface area (Å²) < 4.78 is 0. The Hall–Kier alpha value is -10.3. The van der Waals surface area contributed by atoms with Gasteiger partial charge in [-0.15, -0.1) is 0 Å². The van der Waals surface area contributed by atoms with E-state index in [9.17, 15) is 67.7 Å². The molecule has 482 valence electrons. The van der Waals surface area contributed by atoms with Gasteiger partial charge in [-0.3, -0.25) is 57.5 Å². The number of nitrogens with one attached hydrogen (secondary N) is 10. The van der Waals surface area contributed by atoms with E-state index in [0.29, 0.717) is 33.2 Å². The third kappa shape index (κ3) is 22.8. The van der Waals surface area contributed by atoms with E-state index in [4.69, 9.17) is 28.7 Å². The molecule has 1 aromatic heterocycles. The minimum atomic E-state index is -1.90. The molecule has 0 aliphatic heterocycles. The Morgan fingerprint density at radius 2 is 0.922 bits per heavy atom. The van der Waals surface area contributed by atoms with Crippen LogP contribution in [0.5, 0.6) is 5.75 Å². The van der Waals surface area contributed by atoms with Gasteiger partial charge in [0.15, 0.2) is 0 Å². The van der Waals surface area contributed by atoms with Gasteiger partial charge in [-0.1, -0.05) is 105 Å². The summed E-state index contributed by atoms with van der Waals surface area (Å²) in [6.07, 6.45) is -0.608. The van der Waals surface area contributed by atoms with Crippen LogP contribution in [0.1, 0.15) is 61.8 Å². The van der Waals surface area contributed by atoms with E-state index in [2.05, 4.69) is 52.8 Å². The molecule has 29 nitrogen and oxygen atoms in total. The van der Waals surface area contributed by atoms with Gasteiger partial charge in [0.25, 0.3) is 0 Å². The lowest BCUT2D eigenvalue weighted by Crippen LogP contribution is -2.61. The van der Waals surface area contributed by atoms with Crippen LogP contribution < -0.4 is 76.5 Å². The van der Waals surface area contributed by atoms with Gasteiger partial charge >= 0.3 is 0 Å². The maximum atomic E-state index is 14.4. The lowest BCUT2D eigenvalue weighted by atomic mass is 10.0. The van der Waals surface area contributed by atoms with Crippen LogP contribution in [0, 0.1) is 5.92 Å². The van der Waals surface area contributed by atoms with E-state index in [1.54, 1.807) is 105 Å². The number of hydrogen-bond acceptors (Lipinski definition) is 16. The molecule has 0 aliphatic rings. The van der Waals surface area contributed by atoms with Crippen molar-refractivity contribution >= 4 is 81.8 Å². The number of carbonyl (C=O) groups excluding carboxylic acids is 12. The van der Waals surface area contributed by atoms with Crippen LogP contribution in [0.25, 0.3) is 10.9 Å². The minimum Gasteiger partial charge on any atom is -0.508 e. The molecule has 29 heteroatoms. The number of phenolic OH excluding ortho intramolecular Hbond substituents is 1. The number of aromatic hydroxyl groups is 1. The van der Waals surface area contributed by atoms with Crippen molar-refractivity contribution in [1.82, 2.24) is 52.8 Å². The van der Waals surface area contributed by atoms with Gasteiger partial charge < -0.3 is 91.7 Å². The molecular weight excluding hydrogens is 1170 g/mol. The van der Waals surface area contributed by atoms with Crippen LogP contribution >= 0.6 is 0 Å². The number of aliphatic hydroxyl groups excluding tert-OH is 1. The summed E-state index contributed by atoms with van der Waals surface area (Å²) in [7, 11) is 0. The van der Waals surface area contributed by atoms with Gasteiger partial charge in [0.05, 0.1) is 32.0 Å². The second kappa shape index (κ2) is 34.9. The molecule has 4 aromatic carbocycles. The largest absolute Gasteiger partial charge is 0.508 e. The van der Waals surface area contributed by atoms with Crippen molar-refractivity contribution in [3.8, 4) is 5.75 Å². The molecule has 5 aromatic rings. The Balaban J connectivity index is 1.29. The molecule has 90 heavy (non-hydrogen) atoms. The quantitative estimate of drug-likeness (QED) is 0.0182. The summed E-state index contributed by atoms with van der Waals surface area (Å²) in [6, 6.07) is 16.2. The Kier molecular flexibility index (Phi) is 27.4. The third-order valence-corrected chi connectivity index (χ3v) is 14.1.